The molecule has 2 fully saturated rings. The summed E-state index contributed by atoms with van der Waals surface area (Å²) < 4.78 is 182. The van der Waals surface area contributed by atoms with Gasteiger partial charge in [0.05, 0.1) is 6.61 Å². The van der Waals surface area contributed by atoms with E-state index in [0.717, 1.165) is 22.6 Å². The van der Waals surface area contributed by atoms with Gasteiger partial charge < -0.3 is 33.5 Å². The van der Waals surface area contributed by atoms with Crippen molar-refractivity contribution >= 4 is 46.8 Å². The SMILES string of the molecule is CCOCO[C@@H]1C(OS(=O)(=O)C(F)(F)C(F)(F)OC(F)(F)C(F)(F)C=C(I)CCC(=O)O)[C@H](OCC[Si](C)(C)C)OC2COC(C)(C)O[C@H]21. The zero-order chi connectivity index (χ0) is 37.9. The van der Waals surface area contributed by atoms with E-state index in [-0.39, 0.29) is 19.8 Å². The Morgan fingerprint density at radius 1 is 1.02 bits per heavy atom. The number of carbonyl (C=O) groups is 1. The van der Waals surface area contributed by atoms with Crippen molar-refractivity contribution in [2.45, 2.75) is 119 Å². The fourth-order valence-corrected chi connectivity index (χ4v) is 6.47. The summed E-state index contributed by atoms with van der Waals surface area (Å²) in [5.41, 5.74) is 0. The Morgan fingerprint density at radius 3 is 2.18 bits per heavy atom. The third-order valence-electron chi connectivity index (χ3n) is 6.74. The van der Waals surface area contributed by atoms with Crippen LogP contribution in [0.4, 0.5) is 35.1 Å². The lowest BCUT2D eigenvalue weighted by molar-refractivity contribution is -0.449. The molecule has 2 saturated heterocycles. The number of allylic oxidation sites excluding steroid dienone is 1. The molecule has 0 spiro atoms. The second-order valence-corrected chi connectivity index (χ2v) is 21.2. The van der Waals surface area contributed by atoms with Crippen LogP contribution in [0.1, 0.15) is 33.6 Å². The number of aliphatic carboxylic acids is 1. The van der Waals surface area contributed by atoms with Crippen molar-refractivity contribution in [3.63, 3.8) is 0 Å². The van der Waals surface area contributed by atoms with Gasteiger partial charge in [0.25, 0.3) is 0 Å². The van der Waals surface area contributed by atoms with Crippen LogP contribution in [0.2, 0.25) is 25.7 Å². The molecule has 12 nitrogen and oxygen atoms in total. The molecular formula is C26H39F8IO12SSi. The predicted molar refractivity (Wildman–Crippen MR) is 163 cm³/mol. The maximum Gasteiger partial charge on any atom is 0.460 e. The summed E-state index contributed by atoms with van der Waals surface area (Å²) >= 11 is 0.998. The number of ether oxygens (including phenoxy) is 7. The zero-order valence-electron chi connectivity index (χ0n) is 27.2. The van der Waals surface area contributed by atoms with Crippen LogP contribution in [-0.4, -0.2) is 114 Å². The second-order valence-electron chi connectivity index (χ2n) is 12.5. The van der Waals surface area contributed by atoms with E-state index in [0.29, 0.717) is 6.04 Å². The molecule has 49 heavy (non-hydrogen) atoms. The van der Waals surface area contributed by atoms with E-state index in [1.165, 1.54) is 13.8 Å². The van der Waals surface area contributed by atoms with Crippen LogP contribution in [0.5, 0.6) is 0 Å². The maximum absolute atomic E-state index is 15.1. The van der Waals surface area contributed by atoms with E-state index >= 15 is 8.78 Å². The van der Waals surface area contributed by atoms with Crippen LogP contribution in [0.15, 0.2) is 9.66 Å². The molecular weight excluding hydrogens is 843 g/mol. The van der Waals surface area contributed by atoms with E-state index < -0.39 is 113 Å². The van der Waals surface area contributed by atoms with Crippen molar-refractivity contribution in [1.82, 2.24) is 0 Å². The smallest absolute Gasteiger partial charge is 0.460 e. The lowest BCUT2D eigenvalue weighted by atomic mass is 9.97. The molecule has 0 aliphatic carbocycles. The predicted octanol–water partition coefficient (Wildman–Crippen LogP) is 5.93. The number of alkyl halides is 8. The molecule has 23 heteroatoms. The fraction of sp³-hybridized carbons (Fsp3) is 0.885. The average molecular weight is 883 g/mol. The standard InChI is InChI=1S/C26H39F8IO12SSi/c1-7-40-14-42-19-18-16(13-43-22(2,3)45-18)44-21(41-10-11-49(4,5)6)20(19)46-48(38,39)26(33,34)25(31,32)47-24(29,30)23(27,28)12-15(35)8-9-17(36)37/h12,16,18-21H,7-11,13-14H2,1-6H3,(H,36,37)/t16?,18-,19+,20?,21-/m1/s1. The van der Waals surface area contributed by atoms with Crippen LogP contribution in [0.3, 0.4) is 0 Å². The molecule has 0 radical (unpaired) electrons. The maximum atomic E-state index is 15.1. The minimum Gasteiger partial charge on any atom is -0.481 e. The van der Waals surface area contributed by atoms with Crippen molar-refractivity contribution in [2.24, 2.45) is 0 Å². The van der Waals surface area contributed by atoms with Gasteiger partial charge in [-0.1, -0.05) is 19.6 Å². The molecule has 2 aliphatic heterocycles. The Kier molecular flexibility index (Phi) is 14.9. The van der Waals surface area contributed by atoms with E-state index in [2.05, 4.69) is 8.92 Å². The highest BCUT2D eigenvalue weighted by molar-refractivity contribution is 14.1. The molecule has 0 aromatic rings. The fourth-order valence-electron chi connectivity index (χ4n) is 4.14. The first-order valence-corrected chi connectivity index (χ1v) is 20.8. The average Bonchev–Trinajstić information content (AvgIpc) is 2.91. The van der Waals surface area contributed by atoms with Crippen molar-refractivity contribution in [3.05, 3.63) is 9.66 Å². The first-order chi connectivity index (χ1) is 22.1. The van der Waals surface area contributed by atoms with Crippen LogP contribution in [-0.2, 0) is 52.3 Å². The van der Waals surface area contributed by atoms with Gasteiger partial charge in [-0.3, -0.25) is 8.98 Å². The summed E-state index contributed by atoms with van der Waals surface area (Å²) in [6.45, 7) is 9.20. The Bertz CT molecular complexity index is 1270. The summed E-state index contributed by atoms with van der Waals surface area (Å²) in [5.74, 6) is -8.67. The third kappa shape index (κ3) is 11.9. The molecule has 2 unspecified atom stereocenters. The highest BCUT2D eigenvalue weighted by atomic mass is 127. The molecule has 1 N–H and O–H groups in total. The molecule has 0 aromatic carbocycles. The Morgan fingerprint density at radius 2 is 1.63 bits per heavy atom. The third-order valence-corrected chi connectivity index (χ3v) is 10.6. The minimum atomic E-state index is -7.12. The molecule has 2 aliphatic rings. The molecule has 0 bridgehead atoms. The molecule has 2 heterocycles. The number of rotatable bonds is 19. The normalized spacial score (nSPS) is 26.0. The number of halogens is 9. The summed E-state index contributed by atoms with van der Waals surface area (Å²) in [6.07, 6.45) is -24.2. The number of hydrogen-bond acceptors (Lipinski definition) is 11. The lowest BCUT2D eigenvalue weighted by Crippen LogP contribution is -2.67. The Labute approximate surface area is 292 Å². The quantitative estimate of drug-likeness (QED) is 0.0411. The van der Waals surface area contributed by atoms with E-state index in [1.54, 1.807) is 6.92 Å². The number of carboxylic acid groups (broad SMARTS) is 1. The van der Waals surface area contributed by atoms with Gasteiger partial charge >= 0.3 is 39.5 Å². The second kappa shape index (κ2) is 16.5. The van der Waals surface area contributed by atoms with Crippen molar-refractivity contribution in [2.75, 3.05) is 26.6 Å². The van der Waals surface area contributed by atoms with Gasteiger partial charge in [-0.25, -0.2) is 4.74 Å². The summed E-state index contributed by atoms with van der Waals surface area (Å²) in [7, 11) is -8.98. The van der Waals surface area contributed by atoms with Crippen LogP contribution >= 0.6 is 22.6 Å². The molecule has 5 atom stereocenters. The molecule has 0 aromatic heterocycles. The topological polar surface area (TPSA) is 145 Å². The van der Waals surface area contributed by atoms with E-state index in [4.69, 9.17) is 33.5 Å². The van der Waals surface area contributed by atoms with Gasteiger partial charge in [0, 0.05) is 33.8 Å². The van der Waals surface area contributed by atoms with Crippen molar-refractivity contribution in [3.8, 4) is 0 Å². The lowest BCUT2D eigenvalue weighted by Gasteiger charge is -2.50. The summed E-state index contributed by atoms with van der Waals surface area (Å²) in [4.78, 5) is 10.6. The first-order valence-electron chi connectivity index (χ1n) is 14.6. The number of fused-ring (bicyclic) bond motifs is 1. The van der Waals surface area contributed by atoms with Gasteiger partial charge in [0.1, 0.15) is 25.1 Å². The largest absolute Gasteiger partial charge is 0.481 e. The minimum absolute atomic E-state index is 0.0427. The number of carboxylic acids is 1. The van der Waals surface area contributed by atoms with E-state index in [1.807, 2.05) is 19.6 Å². The molecule has 0 saturated carbocycles. The summed E-state index contributed by atoms with van der Waals surface area (Å²) in [5, 5.41) is 1.86. The number of hydrogen-bond donors (Lipinski definition) is 1. The highest BCUT2D eigenvalue weighted by Gasteiger charge is 2.75. The first kappa shape index (κ1) is 44.4. The highest BCUT2D eigenvalue weighted by Crippen LogP contribution is 2.49. The van der Waals surface area contributed by atoms with Crippen molar-refractivity contribution < 1.29 is 90.8 Å². The molecule has 0 amide bonds. The van der Waals surface area contributed by atoms with Gasteiger partial charge in [0.2, 0.25) is 0 Å². The van der Waals surface area contributed by atoms with Gasteiger partial charge in [-0.15, -0.1) is 0 Å². The van der Waals surface area contributed by atoms with E-state index in [9.17, 15) is 39.6 Å². The van der Waals surface area contributed by atoms with Crippen LogP contribution < -0.4 is 0 Å². The van der Waals surface area contributed by atoms with Crippen molar-refractivity contribution in [1.29, 1.82) is 0 Å². The zero-order valence-corrected chi connectivity index (χ0v) is 31.1. The summed E-state index contributed by atoms with van der Waals surface area (Å²) in [6, 6.07) is 0.403. The molecule has 2 rings (SSSR count). The van der Waals surface area contributed by atoms with Gasteiger partial charge in [-0.05, 0) is 59.4 Å². The Balaban J connectivity index is 2.49. The molecule has 288 valence electrons. The van der Waals surface area contributed by atoms with Gasteiger partial charge in [0.15, 0.2) is 18.2 Å². The Hall–Kier alpha value is -0.773. The van der Waals surface area contributed by atoms with Crippen LogP contribution in [0.25, 0.3) is 0 Å². The van der Waals surface area contributed by atoms with Crippen LogP contribution in [0, 0.1) is 0 Å². The van der Waals surface area contributed by atoms with Gasteiger partial charge in [-0.2, -0.15) is 43.5 Å². The monoisotopic (exact) mass is 882 g/mol.